The first-order valence-electron chi connectivity index (χ1n) is 6.77. The average molecular weight is 268 g/mol. The van der Waals surface area contributed by atoms with Crippen molar-refractivity contribution in [3.8, 4) is 5.75 Å². The predicted molar refractivity (Wildman–Crippen MR) is 81.7 cm³/mol. The van der Waals surface area contributed by atoms with Crippen LogP contribution in [-0.4, -0.2) is 12.4 Å². The van der Waals surface area contributed by atoms with Crippen molar-refractivity contribution >= 4 is 5.78 Å². The summed E-state index contributed by atoms with van der Waals surface area (Å²) in [6, 6.07) is 11.9. The molecule has 2 rings (SSSR count). The van der Waals surface area contributed by atoms with Crippen LogP contribution in [0.2, 0.25) is 0 Å². The van der Waals surface area contributed by atoms with Crippen molar-refractivity contribution in [1.82, 2.24) is 0 Å². The average Bonchev–Trinajstić information content (AvgIpc) is 2.38. The van der Waals surface area contributed by atoms with Gasteiger partial charge < -0.3 is 4.74 Å². The Hall–Kier alpha value is -2.09. The summed E-state index contributed by atoms with van der Waals surface area (Å²) in [5.74, 6) is 0.770. The van der Waals surface area contributed by atoms with Gasteiger partial charge in [-0.25, -0.2) is 0 Å². The molecular weight excluding hydrogens is 248 g/mol. The molecule has 0 fully saturated rings. The van der Waals surface area contributed by atoms with E-state index in [4.69, 9.17) is 4.74 Å². The van der Waals surface area contributed by atoms with E-state index >= 15 is 0 Å². The van der Waals surface area contributed by atoms with E-state index in [0.29, 0.717) is 0 Å². The van der Waals surface area contributed by atoms with E-state index in [-0.39, 0.29) is 12.4 Å². The lowest BCUT2D eigenvalue weighted by Gasteiger charge is -2.09. The number of carbonyl (C=O) groups excluding carboxylic acids is 1. The number of carbonyl (C=O) groups is 1. The minimum Gasteiger partial charge on any atom is -0.485 e. The third-order valence-corrected chi connectivity index (χ3v) is 3.26. The van der Waals surface area contributed by atoms with E-state index in [0.717, 1.165) is 33.6 Å². The number of hydrogen-bond acceptors (Lipinski definition) is 2. The minimum absolute atomic E-state index is 0.0189. The summed E-state index contributed by atoms with van der Waals surface area (Å²) in [6.07, 6.45) is 0. The number of benzene rings is 2. The summed E-state index contributed by atoms with van der Waals surface area (Å²) in [6.45, 7) is 8.05. The van der Waals surface area contributed by atoms with Gasteiger partial charge in [0, 0.05) is 5.56 Å². The zero-order chi connectivity index (χ0) is 14.7. The lowest BCUT2D eigenvalue weighted by atomic mass is 10.0. The summed E-state index contributed by atoms with van der Waals surface area (Å²) < 4.78 is 5.63. The van der Waals surface area contributed by atoms with Gasteiger partial charge in [0.05, 0.1) is 0 Å². The summed E-state index contributed by atoms with van der Waals surface area (Å²) in [5.41, 5.74) is 5.10. The van der Waals surface area contributed by atoms with Crippen molar-refractivity contribution < 1.29 is 9.53 Å². The first-order valence-corrected chi connectivity index (χ1v) is 6.77. The number of aryl methyl sites for hydroxylation is 4. The van der Waals surface area contributed by atoms with Gasteiger partial charge in [0.2, 0.25) is 0 Å². The normalized spacial score (nSPS) is 10.4. The predicted octanol–water partition coefficient (Wildman–Crippen LogP) is 4.18. The van der Waals surface area contributed by atoms with E-state index in [1.165, 1.54) is 0 Å². The SMILES string of the molecule is Cc1cc(C)cc(OCC(=O)c2cc(C)ccc2C)c1. The Bertz CT molecular complexity index is 622. The van der Waals surface area contributed by atoms with Crippen LogP contribution in [0.15, 0.2) is 36.4 Å². The molecule has 104 valence electrons. The Balaban J connectivity index is 2.10. The van der Waals surface area contributed by atoms with Crippen LogP contribution in [0.5, 0.6) is 5.75 Å². The summed E-state index contributed by atoms with van der Waals surface area (Å²) in [7, 11) is 0. The molecule has 0 atom stereocenters. The smallest absolute Gasteiger partial charge is 0.200 e. The van der Waals surface area contributed by atoms with Gasteiger partial charge in [-0.1, -0.05) is 23.8 Å². The molecule has 2 heteroatoms. The molecule has 2 nitrogen and oxygen atoms in total. The molecule has 2 aromatic carbocycles. The zero-order valence-electron chi connectivity index (χ0n) is 12.5. The number of rotatable bonds is 4. The van der Waals surface area contributed by atoms with Crippen molar-refractivity contribution in [2.24, 2.45) is 0 Å². The Labute approximate surface area is 120 Å². The molecular formula is C18H20O2. The topological polar surface area (TPSA) is 26.3 Å². The van der Waals surface area contributed by atoms with Crippen molar-refractivity contribution in [1.29, 1.82) is 0 Å². The molecule has 0 N–H and O–H groups in total. The van der Waals surface area contributed by atoms with Crippen LogP contribution in [-0.2, 0) is 0 Å². The summed E-state index contributed by atoms with van der Waals surface area (Å²) in [5, 5.41) is 0. The van der Waals surface area contributed by atoms with Crippen LogP contribution < -0.4 is 4.74 Å². The molecule has 20 heavy (non-hydrogen) atoms. The monoisotopic (exact) mass is 268 g/mol. The standard InChI is InChI=1S/C18H20O2/c1-12-5-6-15(4)17(10-12)18(19)11-20-16-8-13(2)7-14(3)9-16/h5-10H,11H2,1-4H3. The Kier molecular flexibility index (Phi) is 4.23. The Morgan fingerprint density at radius 3 is 2.20 bits per heavy atom. The maximum absolute atomic E-state index is 12.2. The number of Topliss-reactive ketones (excluding diaryl/α,β-unsaturated/α-hetero) is 1. The van der Waals surface area contributed by atoms with E-state index in [9.17, 15) is 4.79 Å². The second kappa shape index (κ2) is 5.91. The van der Waals surface area contributed by atoms with Crippen LogP contribution in [0, 0.1) is 27.7 Å². The molecule has 0 unspecified atom stereocenters. The molecule has 0 aliphatic carbocycles. The molecule has 0 aliphatic heterocycles. The van der Waals surface area contributed by atoms with E-state index < -0.39 is 0 Å². The third-order valence-electron chi connectivity index (χ3n) is 3.26. The molecule has 0 saturated carbocycles. The lowest BCUT2D eigenvalue weighted by molar-refractivity contribution is 0.0920. The second-order valence-electron chi connectivity index (χ2n) is 5.35. The summed E-state index contributed by atoms with van der Waals surface area (Å²) in [4.78, 5) is 12.2. The molecule has 0 saturated heterocycles. The molecule has 0 aromatic heterocycles. The van der Waals surface area contributed by atoms with Gasteiger partial charge in [0.1, 0.15) is 5.75 Å². The Morgan fingerprint density at radius 2 is 1.55 bits per heavy atom. The van der Waals surface area contributed by atoms with Crippen molar-refractivity contribution in [3.63, 3.8) is 0 Å². The summed E-state index contributed by atoms with van der Waals surface area (Å²) >= 11 is 0. The first-order chi connectivity index (χ1) is 9.45. The van der Waals surface area contributed by atoms with Gasteiger partial charge >= 0.3 is 0 Å². The van der Waals surface area contributed by atoms with Crippen LogP contribution in [0.1, 0.15) is 32.6 Å². The second-order valence-corrected chi connectivity index (χ2v) is 5.35. The maximum atomic E-state index is 12.2. The van der Waals surface area contributed by atoms with E-state index in [2.05, 4.69) is 6.07 Å². The fraction of sp³-hybridized carbons (Fsp3) is 0.278. The highest BCUT2D eigenvalue weighted by Crippen LogP contribution is 2.17. The highest BCUT2D eigenvalue weighted by molar-refractivity contribution is 5.98. The maximum Gasteiger partial charge on any atom is 0.200 e. The van der Waals surface area contributed by atoms with Crippen molar-refractivity contribution in [3.05, 3.63) is 64.2 Å². The fourth-order valence-corrected chi connectivity index (χ4v) is 2.28. The minimum atomic E-state index is 0.0189. The van der Waals surface area contributed by atoms with Crippen LogP contribution in [0.3, 0.4) is 0 Å². The molecule has 0 spiro atoms. The zero-order valence-corrected chi connectivity index (χ0v) is 12.5. The van der Waals surface area contributed by atoms with E-state index in [1.54, 1.807) is 0 Å². The van der Waals surface area contributed by atoms with Crippen molar-refractivity contribution in [2.75, 3.05) is 6.61 Å². The van der Waals surface area contributed by atoms with E-state index in [1.807, 2.05) is 58.0 Å². The lowest BCUT2D eigenvalue weighted by Crippen LogP contribution is -2.13. The highest BCUT2D eigenvalue weighted by Gasteiger charge is 2.10. The molecule has 0 amide bonds. The van der Waals surface area contributed by atoms with Gasteiger partial charge in [-0.15, -0.1) is 0 Å². The van der Waals surface area contributed by atoms with Crippen LogP contribution in [0.4, 0.5) is 0 Å². The van der Waals surface area contributed by atoms with Gasteiger partial charge in [0.25, 0.3) is 0 Å². The highest BCUT2D eigenvalue weighted by atomic mass is 16.5. The number of ether oxygens (including phenoxy) is 1. The largest absolute Gasteiger partial charge is 0.485 e. The van der Waals surface area contributed by atoms with Gasteiger partial charge in [-0.2, -0.15) is 0 Å². The van der Waals surface area contributed by atoms with Crippen LogP contribution >= 0.6 is 0 Å². The molecule has 0 heterocycles. The first kappa shape index (κ1) is 14.3. The molecule has 0 aliphatic rings. The molecule has 2 aromatic rings. The molecule has 0 bridgehead atoms. The van der Waals surface area contributed by atoms with Gasteiger partial charge in [-0.3, -0.25) is 4.79 Å². The number of hydrogen-bond donors (Lipinski definition) is 0. The number of ketones is 1. The van der Waals surface area contributed by atoms with Crippen LogP contribution in [0.25, 0.3) is 0 Å². The third kappa shape index (κ3) is 3.47. The quantitative estimate of drug-likeness (QED) is 0.777. The van der Waals surface area contributed by atoms with Gasteiger partial charge in [-0.05, 0) is 62.6 Å². The van der Waals surface area contributed by atoms with Gasteiger partial charge in [0.15, 0.2) is 12.4 Å². The molecule has 0 radical (unpaired) electrons. The Morgan fingerprint density at radius 1 is 0.900 bits per heavy atom. The van der Waals surface area contributed by atoms with Crippen molar-refractivity contribution in [2.45, 2.75) is 27.7 Å². The fourth-order valence-electron chi connectivity index (χ4n) is 2.28.